The van der Waals surface area contributed by atoms with Gasteiger partial charge in [-0.1, -0.05) is 12.5 Å². The Morgan fingerprint density at radius 2 is 1.88 bits per heavy atom. The van der Waals surface area contributed by atoms with E-state index in [1.807, 2.05) is 47.0 Å². The first-order chi connectivity index (χ1) is 12.2. The molecule has 0 radical (unpaired) electrons. The molecule has 1 saturated heterocycles. The number of aliphatic hydroxyl groups excluding tert-OH is 1. The standard InChI is InChI=1S/C20H23N4O.Mg.H/c21-20-22-17-13-16(19(25)23-11-5-2-6-12-23)9-10-18(17)24(20)14-15-7-3-1-4-8-15;;/h3-4,7-10,13,19,25H,2,5-6,11-12,14H2,(H2,21,22);;/q-1;+2;-1. The average molecular weight is 361 g/mol. The molecular weight excluding hydrogens is 337 g/mol. The molecule has 132 valence electrons. The predicted molar refractivity (Wildman–Crippen MR) is 106 cm³/mol. The van der Waals surface area contributed by atoms with Gasteiger partial charge < -0.3 is 16.8 Å². The second-order valence-corrected chi connectivity index (χ2v) is 6.68. The largest absolute Gasteiger partial charge is 2.00 e. The van der Waals surface area contributed by atoms with Gasteiger partial charge in [-0.25, -0.2) is 4.98 Å². The van der Waals surface area contributed by atoms with Gasteiger partial charge in [-0.15, -0.1) is 5.56 Å². The molecule has 2 heterocycles. The van der Waals surface area contributed by atoms with Crippen LogP contribution in [0.1, 0.15) is 38.0 Å². The topological polar surface area (TPSA) is 67.3 Å². The van der Waals surface area contributed by atoms with Gasteiger partial charge in [0.1, 0.15) is 6.23 Å². The minimum atomic E-state index is -0.569. The minimum absolute atomic E-state index is 0. The van der Waals surface area contributed by atoms with E-state index in [1.165, 1.54) is 6.42 Å². The zero-order valence-corrected chi connectivity index (χ0v) is 16.3. The van der Waals surface area contributed by atoms with E-state index in [9.17, 15) is 5.11 Å². The zero-order chi connectivity index (χ0) is 17.2. The summed E-state index contributed by atoms with van der Waals surface area (Å²) in [4.78, 5) is 6.63. The molecule has 3 N–H and O–H groups in total. The third-order valence-electron chi connectivity index (χ3n) is 4.96. The van der Waals surface area contributed by atoms with Crippen molar-refractivity contribution in [3.63, 3.8) is 0 Å². The van der Waals surface area contributed by atoms with Crippen molar-refractivity contribution in [3.05, 3.63) is 59.7 Å². The first-order valence-electron chi connectivity index (χ1n) is 8.85. The molecule has 1 fully saturated rings. The van der Waals surface area contributed by atoms with E-state index in [4.69, 9.17) is 5.73 Å². The molecule has 3 aromatic rings. The Morgan fingerprint density at radius 1 is 1.15 bits per heavy atom. The van der Waals surface area contributed by atoms with Crippen LogP contribution in [0.15, 0.2) is 42.5 Å². The van der Waals surface area contributed by atoms with Crippen molar-refractivity contribution in [2.75, 3.05) is 18.8 Å². The fourth-order valence-corrected chi connectivity index (χ4v) is 3.58. The van der Waals surface area contributed by atoms with Gasteiger partial charge in [0.2, 0.25) is 5.95 Å². The van der Waals surface area contributed by atoms with Crippen LogP contribution in [-0.2, 0) is 6.54 Å². The summed E-state index contributed by atoms with van der Waals surface area (Å²) in [5, 5.41) is 10.7. The van der Waals surface area contributed by atoms with E-state index in [0.717, 1.165) is 48.1 Å². The SMILES string of the molecule is Nc1nc2cc(C(O)N3CCCCC3)ccc2n1Cc1cc[c-]cc1.[H-].[Mg+2]. The van der Waals surface area contributed by atoms with Crippen LogP contribution in [0.2, 0.25) is 0 Å². The van der Waals surface area contributed by atoms with Gasteiger partial charge in [0.25, 0.3) is 0 Å². The molecule has 0 amide bonds. The quantitative estimate of drug-likeness (QED) is 0.554. The Morgan fingerprint density at radius 3 is 2.62 bits per heavy atom. The fraction of sp³-hybridized carbons (Fsp3) is 0.350. The molecule has 26 heavy (non-hydrogen) atoms. The van der Waals surface area contributed by atoms with Gasteiger partial charge in [-0.3, -0.25) is 4.90 Å². The number of hydrogen-bond acceptors (Lipinski definition) is 4. The van der Waals surface area contributed by atoms with Crippen molar-refractivity contribution >= 4 is 40.0 Å². The Hall–Kier alpha value is -1.60. The van der Waals surface area contributed by atoms with Gasteiger partial charge >= 0.3 is 23.1 Å². The maximum absolute atomic E-state index is 10.7. The van der Waals surface area contributed by atoms with Crippen molar-refractivity contribution in [2.24, 2.45) is 0 Å². The number of aromatic nitrogens is 2. The smallest absolute Gasteiger partial charge is 1.00 e. The van der Waals surface area contributed by atoms with E-state index in [0.29, 0.717) is 12.5 Å². The van der Waals surface area contributed by atoms with Crippen LogP contribution in [0.25, 0.3) is 11.0 Å². The van der Waals surface area contributed by atoms with Crippen molar-refractivity contribution in [1.29, 1.82) is 0 Å². The third-order valence-corrected chi connectivity index (χ3v) is 4.96. The Balaban J connectivity index is 0.00000131. The Labute approximate surface area is 171 Å². The second-order valence-electron chi connectivity index (χ2n) is 6.68. The predicted octanol–water partition coefficient (Wildman–Crippen LogP) is 2.68. The molecule has 0 saturated carbocycles. The number of anilines is 1. The number of hydrogen-bond donors (Lipinski definition) is 2. The summed E-state index contributed by atoms with van der Waals surface area (Å²) in [6.07, 6.45) is 2.98. The Bertz CT molecular complexity index is 865. The van der Waals surface area contributed by atoms with Gasteiger partial charge in [0, 0.05) is 19.6 Å². The summed E-state index contributed by atoms with van der Waals surface area (Å²) in [5.74, 6) is 0.493. The van der Waals surface area contributed by atoms with Crippen LogP contribution >= 0.6 is 0 Å². The van der Waals surface area contributed by atoms with Crippen LogP contribution in [0.5, 0.6) is 0 Å². The van der Waals surface area contributed by atoms with Gasteiger partial charge in [0.05, 0.1) is 11.0 Å². The number of piperidine rings is 1. The van der Waals surface area contributed by atoms with E-state index < -0.39 is 6.23 Å². The number of nitrogens with zero attached hydrogens (tertiary/aromatic N) is 3. The van der Waals surface area contributed by atoms with E-state index in [2.05, 4.69) is 16.0 Å². The molecule has 0 aliphatic carbocycles. The molecule has 5 nitrogen and oxygen atoms in total. The number of imidazole rings is 1. The summed E-state index contributed by atoms with van der Waals surface area (Å²) < 4.78 is 2.00. The summed E-state index contributed by atoms with van der Waals surface area (Å²) in [5.41, 5.74) is 9.99. The third kappa shape index (κ3) is 3.88. The molecule has 4 rings (SSSR count). The minimum Gasteiger partial charge on any atom is -1.00 e. The molecule has 1 aromatic heterocycles. The maximum Gasteiger partial charge on any atom is 2.00 e. The zero-order valence-electron chi connectivity index (χ0n) is 15.9. The van der Waals surface area contributed by atoms with Crippen LogP contribution in [-0.4, -0.2) is 55.7 Å². The average Bonchev–Trinajstić information content (AvgIpc) is 2.97. The van der Waals surface area contributed by atoms with Crippen LogP contribution in [0.3, 0.4) is 0 Å². The number of aliphatic hydroxyl groups is 1. The normalized spacial score (nSPS) is 16.3. The van der Waals surface area contributed by atoms with Crippen molar-refractivity contribution in [1.82, 2.24) is 14.5 Å². The summed E-state index contributed by atoms with van der Waals surface area (Å²) in [7, 11) is 0. The van der Waals surface area contributed by atoms with Crippen molar-refractivity contribution in [2.45, 2.75) is 32.0 Å². The van der Waals surface area contributed by atoms with Crippen molar-refractivity contribution in [3.8, 4) is 0 Å². The monoisotopic (exact) mass is 360 g/mol. The molecule has 1 unspecified atom stereocenters. The molecule has 1 aliphatic heterocycles. The number of nitrogens with two attached hydrogens (primary N) is 1. The van der Waals surface area contributed by atoms with E-state index >= 15 is 0 Å². The van der Waals surface area contributed by atoms with E-state index in [-0.39, 0.29) is 24.5 Å². The molecule has 1 aliphatic rings. The molecular formula is C20H24MgN4O. The number of rotatable bonds is 4. The summed E-state index contributed by atoms with van der Waals surface area (Å²) >= 11 is 0. The first kappa shape index (κ1) is 19.2. The van der Waals surface area contributed by atoms with Crippen molar-refractivity contribution < 1.29 is 6.53 Å². The van der Waals surface area contributed by atoms with Crippen LogP contribution in [0.4, 0.5) is 5.95 Å². The van der Waals surface area contributed by atoms with Gasteiger partial charge in [-0.05, 0) is 30.5 Å². The van der Waals surface area contributed by atoms with E-state index in [1.54, 1.807) is 0 Å². The summed E-state index contributed by atoms with van der Waals surface area (Å²) in [6, 6.07) is 16.8. The fourth-order valence-electron chi connectivity index (χ4n) is 3.58. The van der Waals surface area contributed by atoms with Crippen LogP contribution in [0, 0.1) is 6.07 Å². The van der Waals surface area contributed by atoms with Gasteiger partial charge in [0.15, 0.2) is 0 Å². The number of nitrogen functional groups attached to an aromatic ring is 1. The molecule has 1 atom stereocenters. The van der Waals surface area contributed by atoms with Crippen LogP contribution < -0.4 is 5.73 Å². The first-order valence-corrected chi connectivity index (χ1v) is 8.85. The molecule has 0 bridgehead atoms. The number of benzene rings is 2. The molecule has 2 aromatic carbocycles. The number of fused-ring (bicyclic) bond motifs is 1. The van der Waals surface area contributed by atoms with Gasteiger partial charge in [-0.2, -0.15) is 30.3 Å². The second kappa shape index (κ2) is 8.39. The molecule has 0 spiro atoms. The Kier molecular flexibility index (Phi) is 6.19. The summed E-state index contributed by atoms with van der Waals surface area (Å²) in [6.45, 7) is 2.56. The molecule has 6 heteroatoms. The maximum atomic E-state index is 10.7. The number of likely N-dealkylation sites (tertiary alicyclic amines) is 1.